The van der Waals surface area contributed by atoms with Crippen molar-refractivity contribution in [2.75, 3.05) is 11.5 Å². The van der Waals surface area contributed by atoms with E-state index in [1.807, 2.05) is 19.1 Å². The first-order valence-corrected chi connectivity index (χ1v) is 10.2. The topological polar surface area (TPSA) is 41.6 Å². The zero-order valence-electron chi connectivity index (χ0n) is 17.3. The van der Waals surface area contributed by atoms with Gasteiger partial charge in [0.2, 0.25) is 5.91 Å². The van der Waals surface area contributed by atoms with E-state index in [2.05, 4.69) is 22.3 Å². The molecule has 1 N–H and O–H groups in total. The molecule has 6 heteroatoms. The number of carbonyl (C=O) groups is 1. The van der Waals surface area contributed by atoms with Crippen molar-refractivity contribution in [2.24, 2.45) is 0 Å². The molecule has 3 aromatic carbocycles. The Hall–Kier alpha value is -3.41. The standard InChI is InChI=1S/C25H24F2N2O2/c1-17-2-4-19(5-3-17)15-29-22(16-31-24-12-21(27)10-11-23(24)29)13-25(30)28-14-18-6-8-20(26)9-7-18/h2-12,22H,13-16H2,1H3,(H,28,30)/t22-/m1/s1. The van der Waals surface area contributed by atoms with Gasteiger partial charge in [-0.1, -0.05) is 42.0 Å². The lowest BCUT2D eigenvalue weighted by Gasteiger charge is -2.38. The van der Waals surface area contributed by atoms with Crippen molar-refractivity contribution in [1.82, 2.24) is 5.32 Å². The van der Waals surface area contributed by atoms with Gasteiger partial charge in [-0.3, -0.25) is 4.79 Å². The van der Waals surface area contributed by atoms with Crippen LogP contribution in [0.15, 0.2) is 66.7 Å². The molecule has 160 valence electrons. The van der Waals surface area contributed by atoms with Crippen LogP contribution in [0.1, 0.15) is 23.1 Å². The zero-order chi connectivity index (χ0) is 21.8. The van der Waals surface area contributed by atoms with E-state index in [-0.39, 0.29) is 36.6 Å². The second-order valence-corrected chi connectivity index (χ2v) is 7.80. The molecule has 0 unspecified atom stereocenters. The Labute approximate surface area is 180 Å². The lowest BCUT2D eigenvalue weighted by Crippen LogP contribution is -2.45. The highest BCUT2D eigenvalue weighted by Crippen LogP contribution is 2.36. The Morgan fingerprint density at radius 1 is 1.00 bits per heavy atom. The van der Waals surface area contributed by atoms with Gasteiger partial charge in [0.15, 0.2) is 0 Å². The summed E-state index contributed by atoms with van der Waals surface area (Å²) in [7, 11) is 0. The summed E-state index contributed by atoms with van der Waals surface area (Å²) in [5.74, 6) is -0.312. The summed E-state index contributed by atoms with van der Waals surface area (Å²) in [5, 5.41) is 2.89. The van der Waals surface area contributed by atoms with Gasteiger partial charge < -0.3 is 15.0 Å². The number of rotatable bonds is 6. The maximum atomic E-state index is 13.7. The molecule has 0 saturated carbocycles. The number of aryl methyl sites for hydroxylation is 1. The normalized spacial score (nSPS) is 15.2. The van der Waals surface area contributed by atoms with Gasteiger partial charge in [0.25, 0.3) is 0 Å². The molecular weight excluding hydrogens is 398 g/mol. The maximum Gasteiger partial charge on any atom is 0.222 e. The minimum Gasteiger partial charge on any atom is -0.489 e. The predicted octanol–water partition coefficient (Wildman–Crippen LogP) is 4.75. The zero-order valence-corrected chi connectivity index (χ0v) is 17.3. The van der Waals surface area contributed by atoms with Crippen molar-refractivity contribution in [3.05, 3.63) is 95.1 Å². The van der Waals surface area contributed by atoms with Crippen molar-refractivity contribution in [3.63, 3.8) is 0 Å². The van der Waals surface area contributed by atoms with Crippen LogP contribution in [-0.2, 0) is 17.9 Å². The summed E-state index contributed by atoms with van der Waals surface area (Å²) in [6, 6.07) is 18.5. The van der Waals surface area contributed by atoms with E-state index in [0.29, 0.717) is 18.8 Å². The highest BCUT2D eigenvalue weighted by molar-refractivity contribution is 5.77. The SMILES string of the molecule is Cc1ccc(CN2c3ccc(F)cc3OC[C@H]2CC(=O)NCc2ccc(F)cc2)cc1. The Morgan fingerprint density at radius 3 is 2.42 bits per heavy atom. The van der Waals surface area contributed by atoms with Crippen LogP contribution in [0.4, 0.5) is 14.5 Å². The monoisotopic (exact) mass is 422 g/mol. The smallest absolute Gasteiger partial charge is 0.222 e. The second-order valence-electron chi connectivity index (χ2n) is 7.80. The highest BCUT2D eigenvalue weighted by atomic mass is 19.1. The lowest BCUT2D eigenvalue weighted by atomic mass is 10.1. The first kappa shape index (κ1) is 20.8. The quantitative estimate of drug-likeness (QED) is 0.624. The van der Waals surface area contributed by atoms with Gasteiger partial charge in [0, 0.05) is 19.2 Å². The number of benzene rings is 3. The predicted molar refractivity (Wildman–Crippen MR) is 116 cm³/mol. The molecule has 3 aromatic rings. The number of anilines is 1. The van der Waals surface area contributed by atoms with Crippen molar-refractivity contribution in [3.8, 4) is 5.75 Å². The lowest BCUT2D eigenvalue weighted by molar-refractivity contribution is -0.121. The molecule has 0 fully saturated rings. The minimum absolute atomic E-state index is 0.127. The Balaban J connectivity index is 1.48. The van der Waals surface area contributed by atoms with E-state index < -0.39 is 0 Å². The van der Waals surface area contributed by atoms with E-state index in [9.17, 15) is 13.6 Å². The van der Waals surface area contributed by atoms with Gasteiger partial charge in [0.05, 0.1) is 18.2 Å². The fraction of sp³-hybridized carbons (Fsp3) is 0.240. The van der Waals surface area contributed by atoms with Crippen LogP contribution >= 0.6 is 0 Å². The molecular formula is C25H24F2N2O2. The molecule has 0 saturated heterocycles. The van der Waals surface area contributed by atoms with Gasteiger partial charge in [-0.15, -0.1) is 0 Å². The number of hydrogen-bond donors (Lipinski definition) is 1. The average Bonchev–Trinajstić information content (AvgIpc) is 2.76. The molecule has 1 heterocycles. The Kier molecular flexibility index (Phi) is 6.16. The summed E-state index contributed by atoms with van der Waals surface area (Å²) in [4.78, 5) is 14.7. The third-order valence-electron chi connectivity index (χ3n) is 5.40. The third-order valence-corrected chi connectivity index (χ3v) is 5.40. The molecule has 0 bridgehead atoms. The van der Waals surface area contributed by atoms with E-state index >= 15 is 0 Å². The molecule has 1 aliphatic heterocycles. The van der Waals surface area contributed by atoms with Crippen LogP contribution in [0.5, 0.6) is 5.75 Å². The number of ether oxygens (including phenoxy) is 1. The van der Waals surface area contributed by atoms with Crippen LogP contribution in [-0.4, -0.2) is 18.6 Å². The van der Waals surface area contributed by atoms with Crippen molar-refractivity contribution in [2.45, 2.75) is 32.5 Å². The van der Waals surface area contributed by atoms with Gasteiger partial charge in [0.1, 0.15) is 24.0 Å². The maximum absolute atomic E-state index is 13.7. The number of halogens is 2. The van der Waals surface area contributed by atoms with E-state index in [4.69, 9.17) is 4.74 Å². The van der Waals surface area contributed by atoms with Crippen LogP contribution in [0.25, 0.3) is 0 Å². The van der Waals surface area contributed by atoms with Crippen LogP contribution < -0.4 is 15.0 Å². The van der Waals surface area contributed by atoms with Gasteiger partial charge in [-0.25, -0.2) is 8.78 Å². The largest absolute Gasteiger partial charge is 0.489 e. The highest BCUT2D eigenvalue weighted by Gasteiger charge is 2.29. The summed E-state index contributed by atoms with van der Waals surface area (Å²) >= 11 is 0. The number of nitrogens with one attached hydrogen (secondary N) is 1. The number of carbonyl (C=O) groups excluding carboxylic acids is 1. The van der Waals surface area contributed by atoms with E-state index in [1.54, 1.807) is 18.2 Å². The van der Waals surface area contributed by atoms with E-state index in [0.717, 1.165) is 16.8 Å². The van der Waals surface area contributed by atoms with Gasteiger partial charge in [-0.2, -0.15) is 0 Å². The molecule has 0 radical (unpaired) electrons. The second kappa shape index (κ2) is 9.16. The molecule has 0 aliphatic carbocycles. The van der Waals surface area contributed by atoms with Crippen LogP contribution in [0, 0.1) is 18.6 Å². The van der Waals surface area contributed by atoms with Gasteiger partial charge >= 0.3 is 0 Å². The average molecular weight is 422 g/mol. The van der Waals surface area contributed by atoms with E-state index in [1.165, 1.54) is 29.8 Å². The summed E-state index contributed by atoms with van der Waals surface area (Å²) in [5.41, 5.74) is 3.86. The van der Waals surface area contributed by atoms with Crippen LogP contribution in [0.3, 0.4) is 0 Å². The Bertz CT molecular complexity index is 1050. The summed E-state index contributed by atoms with van der Waals surface area (Å²) in [6.07, 6.45) is 0.226. The fourth-order valence-electron chi connectivity index (χ4n) is 3.68. The third kappa shape index (κ3) is 5.20. The summed E-state index contributed by atoms with van der Waals surface area (Å²) in [6.45, 7) is 3.22. The van der Waals surface area contributed by atoms with Crippen LogP contribution in [0.2, 0.25) is 0 Å². The number of fused-ring (bicyclic) bond motifs is 1. The number of amides is 1. The van der Waals surface area contributed by atoms with Crippen molar-refractivity contribution >= 4 is 11.6 Å². The molecule has 4 nitrogen and oxygen atoms in total. The molecule has 0 aromatic heterocycles. The first-order chi connectivity index (χ1) is 15.0. The number of hydrogen-bond acceptors (Lipinski definition) is 3. The minimum atomic E-state index is -0.357. The molecule has 1 amide bonds. The fourth-order valence-corrected chi connectivity index (χ4v) is 3.68. The first-order valence-electron chi connectivity index (χ1n) is 10.2. The van der Waals surface area contributed by atoms with Crippen molar-refractivity contribution in [1.29, 1.82) is 0 Å². The summed E-state index contributed by atoms with van der Waals surface area (Å²) < 4.78 is 32.5. The number of nitrogens with zero attached hydrogens (tertiary/aromatic N) is 1. The molecule has 31 heavy (non-hydrogen) atoms. The molecule has 0 spiro atoms. The molecule has 1 aliphatic rings. The Morgan fingerprint density at radius 2 is 1.68 bits per heavy atom. The van der Waals surface area contributed by atoms with Crippen molar-refractivity contribution < 1.29 is 18.3 Å². The van der Waals surface area contributed by atoms with Gasteiger partial charge in [-0.05, 0) is 42.3 Å². The molecule has 4 rings (SSSR count). The molecule has 1 atom stereocenters.